The zero-order valence-corrected chi connectivity index (χ0v) is 15.1. The molecule has 1 fully saturated rings. The van der Waals surface area contributed by atoms with Crippen LogP contribution in [0, 0.1) is 12.8 Å². The molecule has 1 heterocycles. The molecule has 0 aliphatic carbocycles. The van der Waals surface area contributed by atoms with Gasteiger partial charge in [0.2, 0.25) is 0 Å². The van der Waals surface area contributed by atoms with Gasteiger partial charge in [-0.25, -0.2) is 0 Å². The molecular formula is C19H30N2O2. The van der Waals surface area contributed by atoms with Crippen LogP contribution in [-0.2, 0) is 4.79 Å². The Morgan fingerprint density at radius 3 is 2.78 bits per heavy atom. The maximum absolute atomic E-state index is 12.6. The van der Waals surface area contributed by atoms with Gasteiger partial charge in [0.25, 0.3) is 5.91 Å². The molecule has 4 heteroatoms. The number of aryl methyl sites for hydroxylation is 1. The molecule has 1 aliphatic heterocycles. The van der Waals surface area contributed by atoms with Crippen molar-refractivity contribution >= 4 is 5.91 Å². The number of hydrogen-bond acceptors (Lipinski definition) is 3. The minimum absolute atomic E-state index is 0.0953. The van der Waals surface area contributed by atoms with Crippen LogP contribution in [0.25, 0.3) is 0 Å². The van der Waals surface area contributed by atoms with E-state index < -0.39 is 6.10 Å². The number of ether oxygens (including phenoxy) is 1. The first kappa shape index (κ1) is 17.8. The summed E-state index contributed by atoms with van der Waals surface area (Å²) in [7, 11) is 1.96. The van der Waals surface area contributed by atoms with Crippen LogP contribution in [0.5, 0.6) is 5.75 Å². The van der Waals surface area contributed by atoms with Crippen molar-refractivity contribution in [1.82, 2.24) is 10.2 Å². The Hall–Kier alpha value is -1.55. The average Bonchev–Trinajstić information content (AvgIpc) is 2.97. The van der Waals surface area contributed by atoms with Gasteiger partial charge in [0, 0.05) is 13.1 Å². The molecule has 0 saturated carbocycles. The van der Waals surface area contributed by atoms with Gasteiger partial charge < -0.3 is 15.0 Å². The summed E-state index contributed by atoms with van der Waals surface area (Å²) >= 11 is 0. The fourth-order valence-electron chi connectivity index (χ4n) is 3.09. The summed E-state index contributed by atoms with van der Waals surface area (Å²) in [5.74, 6) is 1.92. The molecule has 0 unspecified atom stereocenters. The first-order chi connectivity index (χ1) is 10.9. The fraction of sp³-hybridized carbons (Fsp3) is 0.632. The van der Waals surface area contributed by atoms with Crippen LogP contribution >= 0.6 is 0 Å². The Bertz CT molecular complexity index is 542. The van der Waals surface area contributed by atoms with Gasteiger partial charge in [0.1, 0.15) is 5.75 Å². The number of benzene rings is 1. The second-order valence-corrected chi connectivity index (χ2v) is 6.94. The van der Waals surface area contributed by atoms with Gasteiger partial charge in [-0.05, 0) is 62.9 Å². The van der Waals surface area contributed by atoms with Crippen LogP contribution < -0.4 is 10.1 Å². The largest absolute Gasteiger partial charge is 0.481 e. The molecule has 2 atom stereocenters. The van der Waals surface area contributed by atoms with Crippen molar-refractivity contribution in [1.29, 1.82) is 0 Å². The molecule has 2 rings (SSSR count). The number of amides is 1. The van der Waals surface area contributed by atoms with E-state index in [1.807, 2.05) is 25.8 Å². The van der Waals surface area contributed by atoms with Gasteiger partial charge in [-0.2, -0.15) is 0 Å². The SMILES string of the molecule is CNC[C@H]1CCN(C(=O)[C@H](C)Oc2cc(C(C)C)ccc2C)C1. The van der Waals surface area contributed by atoms with Crippen molar-refractivity contribution in [3.05, 3.63) is 29.3 Å². The van der Waals surface area contributed by atoms with E-state index in [2.05, 4.69) is 37.4 Å². The lowest BCUT2D eigenvalue weighted by molar-refractivity contribution is -0.137. The number of carbonyl (C=O) groups is 1. The summed E-state index contributed by atoms with van der Waals surface area (Å²) in [6, 6.07) is 6.26. The Labute approximate surface area is 140 Å². The van der Waals surface area contributed by atoms with Crippen molar-refractivity contribution in [2.75, 3.05) is 26.7 Å². The Morgan fingerprint density at radius 2 is 2.13 bits per heavy atom. The summed E-state index contributed by atoms with van der Waals surface area (Å²) in [6.07, 6.45) is 0.630. The molecule has 1 saturated heterocycles. The highest BCUT2D eigenvalue weighted by molar-refractivity contribution is 5.81. The fourth-order valence-corrected chi connectivity index (χ4v) is 3.09. The minimum atomic E-state index is -0.440. The van der Waals surface area contributed by atoms with Crippen molar-refractivity contribution in [3.8, 4) is 5.75 Å². The van der Waals surface area contributed by atoms with Crippen LogP contribution in [0.3, 0.4) is 0 Å². The van der Waals surface area contributed by atoms with E-state index in [4.69, 9.17) is 4.74 Å². The lowest BCUT2D eigenvalue weighted by atomic mass is 10.0. The number of nitrogens with zero attached hydrogens (tertiary/aromatic N) is 1. The van der Waals surface area contributed by atoms with E-state index in [1.54, 1.807) is 0 Å². The van der Waals surface area contributed by atoms with E-state index >= 15 is 0 Å². The summed E-state index contributed by atoms with van der Waals surface area (Å²) in [4.78, 5) is 14.5. The van der Waals surface area contributed by atoms with Crippen LogP contribution in [0.2, 0.25) is 0 Å². The Morgan fingerprint density at radius 1 is 1.39 bits per heavy atom. The average molecular weight is 318 g/mol. The number of carbonyl (C=O) groups excluding carboxylic acids is 1. The molecule has 1 aromatic carbocycles. The normalized spacial score (nSPS) is 19.2. The Kier molecular flexibility index (Phi) is 6.05. The van der Waals surface area contributed by atoms with E-state index in [-0.39, 0.29) is 5.91 Å². The summed E-state index contributed by atoms with van der Waals surface area (Å²) < 4.78 is 6.00. The van der Waals surface area contributed by atoms with Gasteiger partial charge in [-0.3, -0.25) is 4.79 Å². The van der Waals surface area contributed by atoms with E-state index in [1.165, 1.54) is 5.56 Å². The second-order valence-electron chi connectivity index (χ2n) is 6.94. The van der Waals surface area contributed by atoms with Crippen molar-refractivity contribution in [2.24, 2.45) is 5.92 Å². The Balaban J connectivity index is 2.00. The predicted octanol–water partition coefficient (Wildman–Crippen LogP) is 2.95. The summed E-state index contributed by atoms with van der Waals surface area (Å²) in [5.41, 5.74) is 2.31. The van der Waals surface area contributed by atoms with E-state index in [9.17, 15) is 4.79 Å². The number of nitrogens with one attached hydrogen (secondary N) is 1. The number of likely N-dealkylation sites (tertiary alicyclic amines) is 1. The van der Waals surface area contributed by atoms with Crippen molar-refractivity contribution in [2.45, 2.75) is 46.1 Å². The molecule has 1 aromatic rings. The van der Waals surface area contributed by atoms with E-state index in [0.717, 1.165) is 37.4 Å². The zero-order chi connectivity index (χ0) is 17.0. The molecule has 23 heavy (non-hydrogen) atoms. The molecule has 0 spiro atoms. The summed E-state index contributed by atoms with van der Waals surface area (Å²) in [6.45, 7) is 10.8. The molecule has 128 valence electrons. The summed E-state index contributed by atoms with van der Waals surface area (Å²) in [5, 5.41) is 3.19. The number of hydrogen-bond donors (Lipinski definition) is 1. The van der Waals surface area contributed by atoms with Crippen molar-refractivity contribution < 1.29 is 9.53 Å². The topological polar surface area (TPSA) is 41.6 Å². The highest BCUT2D eigenvalue weighted by Crippen LogP contribution is 2.26. The zero-order valence-electron chi connectivity index (χ0n) is 15.1. The van der Waals surface area contributed by atoms with Crippen LogP contribution in [0.4, 0.5) is 0 Å². The van der Waals surface area contributed by atoms with Gasteiger partial charge >= 0.3 is 0 Å². The number of rotatable bonds is 6. The lowest BCUT2D eigenvalue weighted by Gasteiger charge is -2.23. The van der Waals surface area contributed by atoms with Gasteiger partial charge in [0.05, 0.1) is 0 Å². The van der Waals surface area contributed by atoms with Crippen LogP contribution in [0.1, 0.15) is 44.2 Å². The molecular weight excluding hydrogens is 288 g/mol. The predicted molar refractivity (Wildman–Crippen MR) is 94.0 cm³/mol. The van der Waals surface area contributed by atoms with E-state index in [0.29, 0.717) is 11.8 Å². The molecule has 0 aromatic heterocycles. The van der Waals surface area contributed by atoms with Gasteiger partial charge in [0.15, 0.2) is 6.10 Å². The monoisotopic (exact) mass is 318 g/mol. The van der Waals surface area contributed by atoms with Crippen LogP contribution in [-0.4, -0.2) is 43.6 Å². The second kappa shape index (κ2) is 7.82. The van der Waals surface area contributed by atoms with Gasteiger partial charge in [-0.1, -0.05) is 26.0 Å². The van der Waals surface area contributed by atoms with Gasteiger partial charge in [-0.15, -0.1) is 0 Å². The molecule has 1 N–H and O–H groups in total. The smallest absolute Gasteiger partial charge is 0.263 e. The maximum atomic E-state index is 12.6. The molecule has 4 nitrogen and oxygen atoms in total. The quantitative estimate of drug-likeness (QED) is 0.877. The molecule has 0 bridgehead atoms. The standard InChI is InChI=1S/C19H30N2O2/c1-13(2)17-7-6-14(3)18(10-17)23-15(4)19(22)21-9-8-16(12-21)11-20-5/h6-7,10,13,15-16,20H,8-9,11-12H2,1-5H3/t15-,16+/m0/s1. The highest BCUT2D eigenvalue weighted by Gasteiger charge is 2.29. The third-order valence-electron chi connectivity index (χ3n) is 4.62. The maximum Gasteiger partial charge on any atom is 0.263 e. The molecule has 1 amide bonds. The first-order valence-corrected chi connectivity index (χ1v) is 8.63. The molecule has 0 radical (unpaired) electrons. The van der Waals surface area contributed by atoms with Crippen LogP contribution in [0.15, 0.2) is 18.2 Å². The molecule has 1 aliphatic rings. The highest BCUT2D eigenvalue weighted by atomic mass is 16.5. The van der Waals surface area contributed by atoms with Crippen molar-refractivity contribution in [3.63, 3.8) is 0 Å². The lowest BCUT2D eigenvalue weighted by Crippen LogP contribution is -2.39. The third-order valence-corrected chi connectivity index (χ3v) is 4.62. The third kappa shape index (κ3) is 4.47. The first-order valence-electron chi connectivity index (χ1n) is 8.63. The minimum Gasteiger partial charge on any atom is -0.481 e.